The molecular formula is C16H15NO3. The number of aryl methyl sites for hydroxylation is 2. The molecular weight excluding hydrogens is 254 g/mol. The first-order valence-electron chi connectivity index (χ1n) is 6.43. The Hall–Kier alpha value is -2.36. The number of aromatic nitrogens is 1. The van der Waals surface area contributed by atoms with E-state index in [1.807, 2.05) is 36.6 Å². The van der Waals surface area contributed by atoms with Crippen LogP contribution < -0.4 is 0 Å². The monoisotopic (exact) mass is 269 g/mol. The third-order valence-corrected chi connectivity index (χ3v) is 3.94. The molecule has 0 radical (unpaired) electrons. The fraction of sp³-hybridized carbons (Fsp3) is 0.250. The minimum Gasteiger partial charge on any atom is -0.492 e. The van der Waals surface area contributed by atoms with Crippen LogP contribution in [0.3, 0.4) is 0 Å². The van der Waals surface area contributed by atoms with Gasteiger partial charge in [0, 0.05) is 11.8 Å². The molecule has 0 saturated heterocycles. The Kier molecular flexibility index (Phi) is 2.57. The molecule has 0 aliphatic heterocycles. The SMILES string of the molecule is COC1=C(C)C(=O)c2c(c(C)c3c(C)cccn23)C1=O. The number of pyridine rings is 1. The number of carbonyl (C=O) groups is 2. The normalized spacial score (nSPS) is 15.0. The van der Waals surface area contributed by atoms with Crippen molar-refractivity contribution in [3.05, 3.63) is 52.0 Å². The summed E-state index contributed by atoms with van der Waals surface area (Å²) in [6.45, 7) is 5.48. The zero-order valence-electron chi connectivity index (χ0n) is 11.9. The van der Waals surface area contributed by atoms with Gasteiger partial charge in [-0.3, -0.25) is 9.59 Å². The second-order valence-electron chi connectivity index (χ2n) is 5.07. The van der Waals surface area contributed by atoms with Crippen molar-refractivity contribution >= 4 is 17.1 Å². The van der Waals surface area contributed by atoms with E-state index in [-0.39, 0.29) is 17.3 Å². The van der Waals surface area contributed by atoms with Crippen molar-refractivity contribution in [3.8, 4) is 0 Å². The van der Waals surface area contributed by atoms with Gasteiger partial charge in [0.1, 0.15) is 5.69 Å². The van der Waals surface area contributed by atoms with Gasteiger partial charge in [-0.05, 0) is 38.0 Å². The van der Waals surface area contributed by atoms with Gasteiger partial charge in [-0.1, -0.05) is 6.07 Å². The standard InChI is InChI=1S/C16H15NO3/c1-8-6-5-7-17-12(8)9(2)11-13(17)14(18)10(3)16(20-4)15(11)19/h5-7H,1-4H3. The lowest BCUT2D eigenvalue weighted by Crippen LogP contribution is -2.22. The van der Waals surface area contributed by atoms with Crippen molar-refractivity contribution in [3.63, 3.8) is 0 Å². The van der Waals surface area contributed by atoms with Crippen LogP contribution in [0.1, 0.15) is 38.9 Å². The number of hydrogen-bond acceptors (Lipinski definition) is 3. The highest BCUT2D eigenvalue weighted by Gasteiger charge is 2.36. The third-order valence-electron chi connectivity index (χ3n) is 3.94. The number of fused-ring (bicyclic) bond motifs is 3. The van der Waals surface area contributed by atoms with Crippen LogP contribution in [-0.4, -0.2) is 23.1 Å². The van der Waals surface area contributed by atoms with E-state index in [0.29, 0.717) is 16.8 Å². The quantitative estimate of drug-likeness (QED) is 0.799. The van der Waals surface area contributed by atoms with Crippen molar-refractivity contribution in [2.45, 2.75) is 20.8 Å². The van der Waals surface area contributed by atoms with Gasteiger partial charge in [0.2, 0.25) is 11.6 Å². The van der Waals surface area contributed by atoms with Gasteiger partial charge < -0.3 is 9.14 Å². The molecule has 0 bridgehead atoms. The molecule has 20 heavy (non-hydrogen) atoms. The molecule has 2 aromatic heterocycles. The highest BCUT2D eigenvalue weighted by Crippen LogP contribution is 2.33. The molecule has 0 amide bonds. The van der Waals surface area contributed by atoms with Crippen LogP contribution in [0.2, 0.25) is 0 Å². The van der Waals surface area contributed by atoms with E-state index < -0.39 is 0 Å². The number of ketones is 2. The average molecular weight is 269 g/mol. The van der Waals surface area contributed by atoms with Crippen molar-refractivity contribution in [1.82, 2.24) is 4.40 Å². The smallest absolute Gasteiger partial charge is 0.230 e. The third kappa shape index (κ3) is 1.36. The second kappa shape index (κ2) is 4.07. The summed E-state index contributed by atoms with van der Waals surface area (Å²) in [6, 6.07) is 3.85. The van der Waals surface area contributed by atoms with E-state index >= 15 is 0 Å². The molecule has 0 aromatic carbocycles. The predicted octanol–water partition coefficient (Wildman–Crippen LogP) is 2.86. The molecule has 0 N–H and O–H groups in total. The van der Waals surface area contributed by atoms with Crippen molar-refractivity contribution in [2.75, 3.05) is 7.11 Å². The van der Waals surface area contributed by atoms with Gasteiger partial charge >= 0.3 is 0 Å². The summed E-state index contributed by atoms with van der Waals surface area (Å²) < 4.78 is 6.94. The number of rotatable bonds is 1. The Balaban J connectivity index is 2.48. The van der Waals surface area contributed by atoms with Gasteiger partial charge in [-0.25, -0.2) is 0 Å². The maximum atomic E-state index is 12.6. The van der Waals surface area contributed by atoms with Crippen molar-refractivity contribution in [1.29, 1.82) is 0 Å². The number of ether oxygens (including phenoxy) is 1. The van der Waals surface area contributed by atoms with Crippen molar-refractivity contribution < 1.29 is 14.3 Å². The summed E-state index contributed by atoms with van der Waals surface area (Å²) in [5, 5.41) is 0. The second-order valence-corrected chi connectivity index (χ2v) is 5.07. The minimum absolute atomic E-state index is 0.148. The van der Waals surface area contributed by atoms with Gasteiger partial charge in [-0.15, -0.1) is 0 Å². The first-order valence-corrected chi connectivity index (χ1v) is 6.43. The molecule has 102 valence electrons. The van der Waals surface area contributed by atoms with E-state index in [9.17, 15) is 9.59 Å². The number of nitrogens with zero attached hydrogens (tertiary/aromatic N) is 1. The number of hydrogen-bond donors (Lipinski definition) is 0. The lowest BCUT2D eigenvalue weighted by atomic mass is 9.92. The van der Waals surface area contributed by atoms with Crippen LogP contribution in [0.25, 0.3) is 5.52 Å². The maximum absolute atomic E-state index is 12.6. The van der Waals surface area contributed by atoms with E-state index in [4.69, 9.17) is 4.74 Å². The van der Waals surface area contributed by atoms with Crippen molar-refractivity contribution in [2.24, 2.45) is 0 Å². The Morgan fingerprint density at radius 3 is 2.45 bits per heavy atom. The molecule has 2 aromatic rings. The van der Waals surface area contributed by atoms with Crippen LogP contribution >= 0.6 is 0 Å². The van der Waals surface area contributed by atoms with Crippen LogP contribution in [0, 0.1) is 13.8 Å². The summed E-state index contributed by atoms with van der Waals surface area (Å²) in [5.74, 6) is -0.204. The first kappa shape index (κ1) is 12.7. The summed E-state index contributed by atoms with van der Waals surface area (Å²) in [4.78, 5) is 25.1. The molecule has 0 saturated carbocycles. The fourth-order valence-corrected chi connectivity index (χ4v) is 3.01. The highest BCUT2D eigenvalue weighted by atomic mass is 16.5. The number of carbonyl (C=O) groups excluding carboxylic acids is 2. The Morgan fingerprint density at radius 2 is 1.80 bits per heavy atom. The van der Waals surface area contributed by atoms with Crippen LogP contribution in [0.5, 0.6) is 0 Å². The highest BCUT2D eigenvalue weighted by molar-refractivity contribution is 6.27. The number of allylic oxidation sites excluding steroid dienone is 2. The Morgan fingerprint density at radius 1 is 1.10 bits per heavy atom. The van der Waals surface area contributed by atoms with E-state index in [1.165, 1.54) is 7.11 Å². The van der Waals surface area contributed by atoms with Gasteiger partial charge in [0.15, 0.2) is 5.76 Å². The van der Waals surface area contributed by atoms with Crippen LogP contribution in [0.15, 0.2) is 29.7 Å². The predicted molar refractivity (Wildman–Crippen MR) is 75.2 cm³/mol. The number of Topliss-reactive ketones (excluding diaryl/α,β-unsaturated/α-hetero) is 2. The first-order chi connectivity index (χ1) is 9.49. The largest absolute Gasteiger partial charge is 0.492 e. The topological polar surface area (TPSA) is 47.8 Å². The minimum atomic E-state index is -0.208. The molecule has 2 heterocycles. The van der Waals surface area contributed by atoms with Gasteiger partial charge in [0.25, 0.3) is 0 Å². The summed E-state index contributed by atoms with van der Waals surface area (Å²) in [5.41, 5.74) is 4.07. The van der Waals surface area contributed by atoms with Gasteiger partial charge in [0.05, 0.1) is 18.2 Å². The molecule has 3 rings (SSSR count). The van der Waals surface area contributed by atoms with E-state index in [2.05, 4.69) is 0 Å². The van der Waals surface area contributed by atoms with Gasteiger partial charge in [-0.2, -0.15) is 0 Å². The lowest BCUT2D eigenvalue weighted by Gasteiger charge is -2.16. The maximum Gasteiger partial charge on any atom is 0.230 e. The molecule has 4 heteroatoms. The zero-order valence-corrected chi connectivity index (χ0v) is 11.9. The van der Waals surface area contributed by atoms with E-state index in [1.54, 1.807) is 6.92 Å². The average Bonchev–Trinajstić information content (AvgIpc) is 2.72. The Bertz CT molecular complexity index is 809. The van der Waals surface area contributed by atoms with Crippen LogP contribution in [0.4, 0.5) is 0 Å². The molecule has 1 aliphatic rings. The summed E-state index contributed by atoms with van der Waals surface area (Å²) in [6.07, 6.45) is 1.82. The summed E-state index contributed by atoms with van der Waals surface area (Å²) in [7, 11) is 1.42. The zero-order chi connectivity index (χ0) is 14.6. The lowest BCUT2D eigenvalue weighted by molar-refractivity contribution is 0.0903. The molecule has 0 atom stereocenters. The number of methoxy groups -OCH3 is 1. The van der Waals surface area contributed by atoms with Crippen LogP contribution in [-0.2, 0) is 4.74 Å². The van der Waals surface area contributed by atoms with E-state index in [0.717, 1.165) is 16.6 Å². The summed E-state index contributed by atoms with van der Waals surface area (Å²) >= 11 is 0. The molecule has 0 fully saturated rings. The molecule has 0 unspecified atom stereocenters. The Labute approximate surface area is 116 Å². The molecule has 0 spiro atoms. The molecule has 1 aliphatic carbocycles. The fourth-order valence-electron chi connectivity index (χ4n) is 3.01. The molecule has 4 nitrogen and oxygen atoms in total.